The molecule has 0 saturated heterocycles. The van der Waals surface area contributed by atoms with Gasteiger partial charge in [0.1, 0.15) is 12.4 Å². The van der Waals surface area contributed by atoms with Gasteiger partial charge in [-0.15, -0.1) is 0 Å². The van der Waals surface area contributed by atoms with Crippen LogP contribution in [-0.2, 0) is 6.54 Å². The number of ether oxygens (including phenoxy) is 1. The summed E-state index contributed by atoms with van der Waals surface area (Å²) in [4.78, 5) is 16.0. The Kier molecular flexibility index (Phi) is 4.37. The van der Waals surface area contributed by atoms with Crippen molar-refractivity contribution in [2.75, 3.05) is 32.1 Å². The predicted molar refractivity (Wildman–Crippen MR) is 80.3 cm³/mol. The van der Waals surface area contributed by atoms with Crippen LogP contribution in [0.1, 0.15) is 19.4 Å². The highest BCUT2D eigenvalue weighted by Gasteiger charge is 2.20. The molecule has 5 heteroatoms. The first-order chi connectivity index (χ1) is 9.47. The Balaban J connectivity index is 2.19. The normalized spacial score (nSPS) is 14.3. The second-order valence-corrected chi connectivity index (χ2v) is 5.56. The first-order valence-electron chi connectivity index (χ1n) is 6.96. The van der Waals surface area contributed by atoms with Crippen molar-refractivity contribution in [3.8, 4) is 5.75 Å². The van der Waals surface area contributed by atoms with E-state index in [9.17, 15) is 4.79 Å². The highest BCUT2D eigenvalue weighted by atomic mass is 16.5. The third-order valence-corrected chi connectivity index (χ3v) is 3.24. The lowest BCUT2D eigenvalue weighted by molar-refractivity contribution is 0.185. The van der Waals surface area contributed by atoms with Gasteiger partial charge in [0.15, 0.2) is 0 Å². The van der Waals surface area contributed by atoms with Crippen molar-refractivity contribution in [3.63, 3.8) is 0 Å². The number of fused-ring (bicyclic) bond motifs is 1. The Morgan fingerprint density at radius 3 is 2.80 bits per heavy atom. The van der Waals surface area contributed by atoms with Crippen LogP contribution in [0.2, 0.25) is 0 Å². The highest BCUT2D eigenvalue weighted by Crippen LogP contribution is 2.27. The lowest BCUT2D eigenvalue weighted by atomic mass is 10.1. The first kappa shape index (κ1) is 14.5. The molecule has 110 valence electrons. The van der Waals surface area contributed by atoms with Gasteiger partial charge in [0, 0.05) is 31.4 Å². The largest absolute Gasteiger partial charge is 0.491 e. The summed E-state index contributed by atoms with van der Waals surface area (Å²) in [5.41, 5.74) is 2.16. The number of anilines is 1. The third kappa shape index (κ3) is 3.35. The molecule has 0 bridgehead atoms. The average Bonchev–Trinajstić information content (AvgIpc) is 2.58. The lowest BCUT2D eigenvalue weighted by Gasteiger charge is -2.22. The lowest BCUT2D eigenvalue weighted by Crippen LogP contribution is -2.43. The quantitative estimate of drug-likeness (QED) is 0.900. The maximum absolute atomic E-state index is 12.1. The van der Waals surface area contributed by atoms with E-state index in [1.165, 1.54) is 0 Å². The second kappa shape index (κ2) is 6.03. The van der Waals surface area contributed by atoms with E-state index in [1.54, 1.807) is 4.90 Å². The van der Waals surface area contributed by atoms with Crippen molar-refractivity contribution in [3.05, 3.63) is 23.8 Å². The van der Waals surface area contributed by atoms with Crippen LogP contribution in [0, 0.1) is 0 Å². The van der Waals surface area contributed by atoms with Crippen molar-refractivity contribution in [2.45, 2.75) is 26.4 Å². The van der Waals surface area contributed by atoms with Gasteiger partial charge in [-0.05, 0) is 32.0 Å². The fraction of sp³-hybridized carbons (Fsp3) is 0.533. The van der Waals surface area contributed by atoms with Crippen LogP contribution < -0.4 is 15.0 Å². The third-order valence-electron chi connectivity index (χ3n) is 3.24. The molecule has 0 fully saturated rings. The SMILES string of the molecule is CC(C)NC(=O)N1CCOc2ccc(N(C)C)cc2C1. The van der Waals surface area contributed by atoms with Crippen molar-refractivity contribution in [1.29, 1.82) is 0 Å². The number of urea groups is 1. The summed E-state index contributed by atoms with van der Waals surface area (Å²) in [5, 5.41) is 2.93. The molecule has 1 aromatic rings. The second-order valence-electron chi connectivity index (χ2n) is 5.56. The zero-order chi connectivity index (χ0) is 14.7. The van der Waals surface area contributed by atoms with Crippen LogP contribution in [0.5, 0.6) is 5.75 Å². The Morgan fingerprint density at radius 1 is 1.40 bits per heavy atom. The number of hydrogen-bond donors (Lipinski definition) is 1. The van der Waals surface area contributed by atoms with Gasteiger partial charge in [0.2, 0.25) is 0 Å². The first-order valence-corrected chi connectivity index (χ1v) is 6.96. The molecule has 1 aliphatic heterocycles. The molecular formula is C15H23N3O2. The molecule has 2 rings (SSSR count). The number of nitrogens with one attached hydrogen (secondary N) is 1. The van der Waals surface area contributed by atoms with Crippen LogP contribution in [0.25, 0.3) is 0 Å². The minimum atomic E-state index is -0.0355. The zero-order valence-electron chi connectivity index (χ0n) is 12.6. The number of benzene rings is 1. The summed E-state index contributed by atoms with van der Waals surface area (Å²) in [6, 6.07) is 6.19. The molecule has 0 radical (unpaired) electrons. The van der Waals surface area contributed by atoms with E-state index in [-0.39, 0.29) is 12.1 Å². The smallest absolute Gasteiger partial charge is 0.318 e. The Morgan fingerprint density at radius 2 is 2.15 bits per heavy atom. The number of amides is 2. The van der Waals surface area contributed by atoms with Gasteiger partial charge in [-0.3, -0.25) is 0 Å². The standard InChI is InChI=1S/C15H23N3O2/c1-11(2)16-15(19)18-7-8-20-14-6-5-13(17(3)4)9-12(14)10-18/h5-6,9,11H,7-8,10H2,1-4H3,(H,16,19). The number of rotatable bonds is 2. The molecule has 1 aliphatic rings. The summed E-state index contributed by atoms with van der Waals surface area (Å²) in [6.07, 6.45) is 0. The molecule has 0 atom stereocenters. The average molecular weight is 277 g/mol. The minimum absolute atomic E-state index is 0.0355. The maximum atomic E-state index is 12.1. The Hall–Kier alpha value is -1.91. The number of hydrogen-bond acceptors (Lipinski definition) is 3. The van der Waals surface area contributed by atoms with Gasteiger partial charge in [-0.2, -0.15) is 0 Å². The molecule has 1 heterocycles. The van der Waals surface area contributed by atoms with Crippen LogP contribution >= 0.6 is 0 Å². The van der Waals surface area contributed by atoms with Crippen molar-refractivity contribution >= 4 is 11.7 Å². The fourth-order valence-electron chi connectivity index (χ4n) is 2.17. The van der Waals surface area contributed by atoms with E-state index >= 15 is 0 Å². The van der Waals surface area contributed by atoms with Gasteiger partial charge < -0.3 is 19.9 Å². The van der Waals surface area contributed by atoms with E-state index in [4.69, 9.17) is 4.74 Å². The van der Waals surface area contributed by atoms with Gasteiger partial charge in [0.25, 0.3) is 0 Å². The van der Waals surface area contributed by atoms with Crippen molar-refractivity contribution in [2.24, 2.45) is 0 Å². The summed E-state index contributed by atoms with van der Waals surface area (Å²) in [5.74, 6) is 0.871. The summed E-state index contributed by atoms with van der Waals surface area (Å²) >= 11 is 0. The molecule has 0 saturated carbocycles. The molecule has 20 heavy (non-hydrogen) atoms. The summed E-state index contributed by atoms with van der Waals surface area (Å²) in [6.45, 7) is 5.63. The van der Waals surface area contributed by atoms with Gasteiger partial charge >= 0.3 is 6.03 Å². The Bertz CT molecular complexity index is 486. The molecule has 0 aliphatic carbocycles. The van der Waals surface area contributed by atoms with Crippen molar-refractivity contribution in [1.82, 2.24) is 10.2 Å². The van der Waals surface area contributed by atoms with E-state index in [2.05, 4.69) is 11.4 Å². The topological polar surface area (TPSA) is 44.8 Å². The zero-order valence-corrected chi connectivity index (χ0v) is 12.6. The van der Waals surface area contributed by atoms with Crippen LogP contribution in [-0.4, -0.2) is 44.2 Å². The summed E-state index contributed by atoms with van der Waals surface area (Å²) in [7, 11) is 4.01. The van der Waals surface area contributed by atoms with Gasteiger partial charge in [0.05, 0.1) is 13.1 Å². The van der Waals surface area contributed by atoms with Crippen LogP contribution in [0.15, 0.2) is 18.2 Å². The molecule has 1 N–H and O–H groups in total. The predicted octanol–water partition coefficient (Wildman–Crippen LogP) is 2.06. The molecule has 0 spiro atoms. The summed E-state index contributed by atoms with van der Waals surface area (Å²) < 4.78 is 5.73. The molecule has 5 nitrogen and oxygen atoms in total. The highest BCUT2D eigenvalue weighted by molar-refractivity contribution is 5.74. The fourth-order valence-corrected chi connectivity index (χ4v) is 2.17. The number of carbonyl (C=O) groups excluding carboxylic acids is 1. The van der Waals surface area contributed by atoms with E-state index in [1.807, 2.05) is 45.0 Å². The van der Waals surface area contributed by atoms with E-state index in [0.717, 1.165) is 17.0 Å². The van der Waals surface area contributed by atoms with Gasteiger partial charge in [-0.1, -0.05) is 0 Å². The van der Waals surface area contributed by atoms with E-state index < -0.39 is 0 Å². The van der Waals surface area contributed by atoms with Crippen LogP contribution in [0.3, 0.4) is 0 Å². The minimum Gasteiger partial charge on any atom is -0.491 e. The number of carbonyl (C=O) groups is 1. The Labute approximate surface area is 120 Å². The molecule has 1 aromatic carbocycles. The number of nitrogens with zero attached hydrogens (tertiary/aromatic N) is 2. The monoisotopic (exact) mass is 277 g/mol. The van der Waals surface area contributed by atoms with Gasteiger partial charge in [-0.25, -0.2) is 4.79 Å². The maximum Gasteiger partial charge on any atom is 0.318 e. The molecular weight excluding hydrogens is 254 g/mol. The molecule has 0 aromatic heterocycles. The molecule has 2 amide bonds. The van der Waals surface area contributed by atoms with Crippen molar-refractivity contribution < 1.29 is 9.53 Å². The van der Waals surface area contributed by atoms with E-state index in [0.29, 0.717) is 19.7 Å². The molecule has 0 unspecified atom stereocenters. The van der Waals surface area contributed by atoms with Crippen LogP contribution in [0.4, 0.5) is 10.5 Å².